The van der Waals surface area contributed by atoms with Crippen LogP contribution in [0, 0.1) is 6.92 Å². The third kappa shape index (κ3) is 5.07. The van der Waals surface area contributed by atoms with E-state index >= 15 is 0 Å². The van der Waals surface area contributed by atoms with Gasteiger partial charge in [-0.2, -0.15) is 0 Å². The van der Waals surface area contributed by atoms with Crippen LogP contribution in [0.25, 0.3) is 0 Å². The fraction of sp³-hybridized carbons (Fsp3) is 0.455. The third-order valence-electron chi connectivity index (χ3n) is 5.47. The molecule has 5 heteroatoms. The van der Waals surface area contributed by atoms with Crippen molar-refractivity contribution in [3.63, 3.8) is 0 Å². The van der Waals surface area contributed by atoms with Gasteiger partial charge in [0.25, 0.3) is 5.91 Å². The molecule has 1 aliphatic heterocycles. The van der Waals surface area contributed by atoms with Gasteiger partial charge in [-0.05, 0) is 38.3 Å². The van der Waals surface area contributed by atoms with Crippen LogP contribution >= 0.6 is 0 Å². The standard InChI is InChI=1S/C22H29N3O2/c1-17-14-21(26)20(16-24(17)2)22(27)23-12-11-19-10-6-7-13-25(19)15-18-8-4-3-5-9-18/h3-5,8-9,14,16,19H,6-7,10-13,15H2,1-2H3,(H,23,27). The number of carbonyl (C=O) groups excluding carboxylic acids is 1. The second kappa shape index (κ2) is 9.00. The number of aryl methyl sites for hydroxylation is 2. The number of benzene rings is 1. The van der Waals surface area contributed by atoms with Crippen molar-refractivity contribution in [1.82, 2.24) is 14.8 Å². The van der Waals surface area contributed by atoms with Crippen molar-refractivity contribution in [3.8, 4) is 0 Å². The molecule has 1 aromatic heterocycles. The fourth-order valence-electron chi connectivity index (χ4n) is 3.76. The fourth-order valence-corrected chi connectivity index (χ4v) is 3.76. The van der Waals surface area contributed by atoms with Crippen molar-refractivity contribution in [2.75, 3.05) is 13.1 Å². The Kier molecular flexibility index (Phi) is 6.45. The predicted molar refractivity (Wildman–Crippen MR) is 108 cm³/mol. The number of amides is 1. The van der Waals surface area contributed by atoms with E-state index in [4.69, 9.17) is 0 Å². The second-order valence-corrected chi connectivity index (χ2v) is 7.45. The zero-order chi connectivity index (χ0) is 19.2. The van der Waals surface area contributed by atoms with Crippen LogP contribution in [-0.2, 0) is 13.6 Å². The molecular formula is C22H29N3O2. The van der Waals surface area contributed by atoms with Crippen LogP contribution in [0.1, 0.15) is 47.3 Å². The summed E-state index contributed by atoms with van der Waals surface area (Å²) in [6, 6.07) is 12.5. The first kappa shape index (κ1) is 19.4. The lowest BCUT2D eigenvalue weighted by molar-refractivity contribution is 0.0935. The van der Waals surface area contributed by atoms with E-state index < -0.39 is 0 Å². The molecule has 1 amide bonds. The van der Waals surface area contributed by atoms with E-state index in [0.29, 0.717) is 12.6 Å². The van der Waals surface area contributed by atoms with Crippen molar-refractivity contribution in [3.05, 3.63) is 69.6 Å². The van der Waals surface area contributed by atoms with Crippen LogP contribution in [0.15, 0.2) is 47.4 Å². The highest BCUT2D eigenvalue weighted by molar-refractivity contribution is 5.93. The zero-order valence-corrected chi connectivity index (χ0v) is 16.3. The third-order valence-corrected chi connectivity index (χ3v) is 5.47. The quantitative estimate of drug-likeness (QED) is 0.854. The van der Waals surface area contributed by atoms with Crippen LogP contribution in [0.2, 0.25) is 0 Å². The molecular weight excluding hydrogens is 338 g/mol. The number of nitrogens with one attached hydrogen (secondary N) is 1. The van der Waals surface area contributed by atoms with Crippen molar-refractivity contribution in [1.29, 1.82) is 0 Å². The summed E-state index contributed by atoms with van der Waals surface area (Å²) in [7, 11) is 1.84. The van der Waals surface area contributed by atoms with Gasteiger partial charge in [-0.25, -0.2) is 0 Å². The molecule has 144 valence electrons. The lowest BCUT2D eigenvalue weighted by Crippen LogP contribution is -2.41. The number of likely N-dealkylation sites (tertiary alicyclic amines) is 1. The van der Waals surface area contributed by atoms with Gasteiger partial charge in [-0.15, -0.1) is 0 Å². The summed E-state index contributed by atoms with van der Waals surface area (Å²) in [5, 5.41) is 2.94. The highest BCUT2D eigenvalue weighted by Crippen LogP contribution is 2.21. The van der Waals surface area contributed by atoms with Gasteiger partial charge in [-0.1, -0.05) is 36.8 Å². The molecule has 0 spiro atoms. The average Bonchev–Trinajstić information content (AvgIpc) is 2.67. The maximum absolute atomic E-state index is 12.4. The summed E-state index contributed by atoms with van der Waals surface area (Å²) < 4.78 is 1.80. The summed E-state index contributed by atoms with van der Waals surface area (Å²) >= 11 is 0. The van der Waals surface area contributed by atoms with E-state index in [1.54, 1.807) is 10.8 Å². The minimum Gasteiger partial charge on any atom is -0.354 e. The highest BCUT2D eigenvalue weighted by atomic mass is 16.2. The number of nitrogens with zero attached hydrogens (tertiary/aromatic N) is 2. The summed E-state index contributed by atoms with van der Waals surface area (Å²) in [5.74, 6) is -0.277. The number of pyridine rings is 1. The Morgan fingerprint density at radius 2 is 2.00 bits per heavy atom. The second-order valence-electron chi connectivity index (χ2n) is 7.45. The van der Waals surface area contributed by atoms with Crippen LogP contribution < -0.4 is 10.7 Å². The molecule has 1 aliphatic rings. The van der Waals surface area contributed by atoms with Crippen LogP contribution in [0.5, 0.6) is 0 Å². The summed E-state index contributed by atoms with van der Waals surface area (Å²) in [5.41, 5.74) is 2.17. The van der Waals surface area contributed by atoms with Gasteiger partial charge in [0.15, 0.2) is 5.43 Å². The zero-order valence-electron chi connectivity index (χ0n) is 16.3. The van der Waals surface area contributed by atoms with Crippen molar-refractivity contribution >= 4 is 5.91 Å². The average molecular weight is 367 g/mol. The van der Waals surface area contributed by atoms with E-state index in [-0.39, 0.29) is 16.9 Å². The minimum atomic E-state index is -0.277. The molecule has 5 nitrogen and oxygen atoms in total. The SMILES string of the molecule is Cc1cc(=O)c(C(=O)NCCC2CCCCN2Cc2ccccc2)cn1C. The van der Waals surface area contributed by atoms with Crippen molar-refractivity contribution in [2.45, 2.75) is 45.2 Å². The van der Waals surface area contributed by atoms with Gasteiger partial charge < -0.3 is 9.88 Å². The molecule has 27 heavy (non-hydrogen) atoms. The van der Waals surface area contributed by atoms with E-state index in [1.165, 1.54) is 24.5 Å². The molecule has 1 aromatic carbocycles. The monoisotopic (exact) mass is 367 g/mol. The Morgan fingerprint density at radius 3 is 2.78 bits per heavy atom. The van der Waals surface area contributed by atoms with Crippen LogP contribution in [-0.4, -0.2) is 34.5 Å². The first-order valence-electron chi connectivity index (χ1n) is 9.78. The number of carbonyl (C=O) groups is 1. The summed E-state index contributed by atoms with van der Waals surface area (Å²) in [4.78, 5) is 27.0. The maximum Gasteiger partial charge on any atom is 0.256 e. The van der Waals surface area contributed by atoms with E-state index in [1.807, 2.05) is 20.0 Å². The molecule has 0 radical (unpaired) electrons. The Bertz CT molecular complexity index is 829. The van der Waals surface area contributed by atoms with Crippen LogP contribution in [0.3, 0.4) is 0 Å². The van der Waals surface area contributed by atoms with Gasteiger partial charge in [0.05, 0.1) is 0 Å². The van der Waals surface area contributed by atoms with Gasteiger partial charge in [0, 0.05) is 44.1 Å². The Labute approximate surface area is 161 Å². The summed E-state index contributed by atoms with van der Waals surface area (Å²) in [6.07, 6.45) is 6.16. The number of piperidine rings is 1. The number of aromatic nitrogens is 1. The molecule has 1 N–H and O–H groups in total. The number of hydrogen-bond acceptors (Lipinski definition) is 3. The van der Waals surface area contributed by atoms with Gasteiger partial charge >= 0.3 is 0 Å². The molecule has 1 atom stereocenters. The molecule has 1 fully saturated rings. The molecule has 0 saturated carbocycles. The van der Waals surface area contributed by atoms with Gasteiger partial charge in [0.2, 0.25) is 0 Å². The predicted octanol–water partition coefficient (Wildman–Crippen LogP) is 2.87. The topological polar surface area (TPSA) is 54.3 Å². The number of rotatable bonds is 6. The Balaban J connectivity index is 1.56. The maximum atomic E-state index is 12.4. The minimum absolute atomic E-state index is 0.216. The lowest BCUT2D eigenvalue weighted by atomic mass is 9.98. The summed E-state index contributed by atoms with van der Waals surface area (Å²) in [6.45, 7) is 4.50. The first-order valence-corrected chi connectivity index (χ1v) is 9.78. The van der Waals surface area contributed by atoms with Crippen LogP contribution in [0.4, 0.5) is 0 Å². The molecule has 2 heterocycles. The smallest absolute Gasteiger partial charge is 0.256 e. The molecule has 0 aliphatic carbocycles. The highest BCUT2D eigenvalue weighted by Gasteiger charge is 2.22. The molecule has 3 rings (SSSR count). The number of hydrogen-bond donors (Lipinski definition) is 1. The normalized spacial score (nSPS) is 17.6. The van der Waals surface area contributed by atoms with E-state index in [2.05, 4.69) is 34.5 Å². The lowest BCUT2D eigenvalue weighted by Gasteiger charge is -2.36. The van der Waals surface area contributed by atoms with E-state index in [9.17, 15) is 9.59 Å². The van der Waals surface area contributed by atoms with Crippen molar-refractivity contribution in [2.24, 2.45) is 7.05 Å². The van der Waals surface area contributed by atoms with Gasteiger partial charge in [0.1, 0.15) is 5.56 Å². The molecule has 1 saturated heterocycles. The molecule has 2 aromatic rings. The van der Waals surface area contributed by atoms with Gasteiger partial charge in [-0.3, -0.25) is 14.5 Å². The first-order chi connectivity index (χ1) is 13.0. The Hall–Kier alpha value is -2.40. The largest absolute Gasteiger partial charge is 0.354 e. The molecule has 0 bridgehead atoms. The Morgan fingerprint density at radius 1 is 1.22 bits per heavy atom. The molecule has 1 unspecified atom stereocenters. The van der Waals surface area contributed by atoms with E-state index in [0.717, 1.165) is 31.6 Å². The van der Waals surface area contributed by atoms with Crippen molar-refractivity contribution < 1.29 is 4.79 Å².